The van der Waals surface area contributed by atoms with Gasteiger partial charge in [0.25, 0.3) is 5.56 Å². The Balaban J connectivity index is 2.39. The van der Waals surface area contributed by atoms with E-state index in [2.05, 4.69) is 15.2 Å². The highest BCUT2D eigenvalue weighted by atomic mass is 16.5. The van der Waals surface area contributed by atoms with Gasteiger partial charge < -0.3 is 19.5 Å². The van der Waals surface area contributed by atoms with Gasteiger partial charge in [0.15, 0.2) is 5.82 Å². The molecule has 2 rings (SSSR count). The van der Waals surface area contributed by atoms with E-state index >= 15 is 0 Å². The van der Waals surface area contributed by atoms with E-state index in [1.807, 2.05) is 27.8 Å². The van der Waals surface area contributed by atoms with E-state index in [9.17, 15) is 4.79 Å². The molecule has 1 fully saturated rings. The first-order valence-corrected chi connectivity index (χ1v) is 7.02. The van der Waals surface area contributed by atoms with Gasteiger partial charge in [0.2, 0.25) is 0 Å². The summed E-state index contributed by atoms with van der Waals surface area (Å²) >= 11 is 0. The molecule has 1 unspecified atom stereocenters. The predicted octanol–water partition coefficient (Wildman–Crippen LogP) is 0.423. The Morgan fingerprint density at radius 3 is 2.90 bits per heavy atom. The fourth-order valence-corrected chi connectivity index (χ4v) is 2.46. The molecule has 0 bridgehead atoms. The number of nitrogens with one attached hydrogen (secondary N) is 1. The van der Waals surface area contributed by atoms with Gasteiger partial charge in [0.1, 0.15) is 0 Å². The summed E-state index contributed by atoms with van der Waals surface area (Å²) in [6.45, 7) is 8.76. The molecule has 1 atom stereocenters. The number of nitrogens with zero attached hydrogens (tertiary/aromatic N) is 3. The maximum Gasteiger partial charge on any atom is 0.294 e. The lowest BCUT2D eigenvalue weighted by atomic mass is 10.1. The number of ether oxygens (including phenoxy) is 1. The number of anilines is 1. The molecular weight excluding hydrogens is 256 g/mol. The number of morpholine rings is 1. The zero-order chi connectivity index (χ0) is 14.8. The maximum absolute atomic E-state index is 12.7. The van der Waals surface area contributed by atoms with Crippen LogP contribution in [0.1, 0.15) is 20.8 Å². The van der Waals surface area contributed by atoms with Crippen molar-refractivity contribution in [1.82, 2.24) is 14.9 Å². The minimum Gasteiger partial charge on any atom is -0.377 e. The molecule has 0 amide bonds. The largest absolute Gasteiger partial charge is 0.377 e. The summed E-state index contributed by atoms with van der Waals surface area (Å²) in [7, 11) is 1.90. The zero-order valence-corrected chi connectivity index (χ0v) is 12.7. The average molecular weight is 280 g/mol. The molecule has 0 spiro atoms. The third-order valence-electron chi connectivity index (χ3n) is 3.48. The van der Waals surface area contributed by atoms with Crippen LogP contribution in [-0.4, -0.2) is 48.9 Å². The highest BCUT2D eigenvalue weighted by Crippen LogP contribution is 2.16. The molecule has 6 heteroatoms. The summed E-state index contributed by atoms with van der Waals surface area (Å²) in [4.78, 5) is 19.0. The van der Waals surface area contributed by atoms with E-state index in [1.165, 1.54) is 0 Å². The maximum atomic E-state index is 12.7. The normalized spacial score (nSPS) is 20.2. The van der Waals surface area contributed by atoms with Gasteiger partial charge in [0.05, 0.1) is 19.3 Å². The lowest BCUT2D eigenvalue weighted by Crippen LogP contribution is -2.53. The Bertz CT molecular complexity index is 505. The monoisotopic (exact) mass is 280 g/mol. The van der Waals surface area contributed by atoms with Crippen LogP contribution in [0.15, 0.2) is 17.2 Å². The van der Waals surface area contributed by atoms with E-state index < -0.39 is 0 Å². The molecule has 1 aliphatic rings. The number of hydrogen-bond donors (Lipinski definition) is 1. The molecule has 2 heterocycles. The SMILES string of the molecule is CNCC1COCCN1c1nccn(C(C)(C)C)c1=O. The van der Waals surface area contributed by atoms with Gasteiger partial charge in [-0.25, -0.2) is 4.98 Å². The van der Waals surface area contributed by atoms with Gasteiger partial charge >= 0.3 is 0 Å². The van der Waals surface area contributed by atoms with Crippen LogP contribution in [0.2, 0.25) is 0 Å². The number of hydrogen-bond acceptors (Lipinski definition) is 5. The second-order valence-electron chi connectivity index (χ2n) is 6.08. The van der Waals surface area contributed by atoms with Gasteiger partial charge in [-0.2, -0.15) is 0 Å². The Hall–Kier alpha value is -1.40. The topological polar surface area (TPSA) is 59.4 Å². The van der Waals surface area contributed by atoms with Crippen LogP contribution in [0.25, 0.3) is 0 Å². The van der Waals surface area contributed by atoms with Crippen molar-refractivity contribution in [2.24, 2.45) is 0 Å². The fraction of sp³-hybridized carbons (Fsp3) is 0.714. The molecule has 0 aliphatic carbocycles. The number of aromatic nitrogens is 2. The summed E-state index contributed by atoms with van der Waals surface area (Å²) in [6, 6.07) is 0.143. The van der Waals surface area contributed by atoms with Crippen molar-refractivity contribution in [2.45, 2.75) is 32.4 Å². The second kappa shape index (κ2) is 5.93. The lowest BCUT2D eigenvalue weighted by molar-refractivity contribution is 0.0936. The summed E-state index contributed by atoms with van der Waals surface area (Å²) < 4.78 is 7.24. The van der Waals surface area contributed by atoms with Crippen molar-refractivity contribution < 1.29 is 4.74 Å². The van der Waals surface area contributed by atoms with Crippen molar-refractivity contribution in [3.8, 4) is 0 Å². The summed E-state index contributed by atoms with van der Waals surface area (Å²) in [5.41, 5.74) is -0.289. The van der Waals surface area contributed by atoms with Crippen molar-refractivity contribution in [3.63, 3.8) is 0 Å². The van der Waals surface area contributed by atoms with Crippen LogP contribution in [0.3, 0.4) is 0 Å². The smallest absolute Gasteiger partial charge is 0.294 e. The van der Waals surface area contributed by atoms with E-state index in [4.69, 9.17) is 4.74 Å². The predicted molar refractivity (Wildman–Crippen MR) is 79.4 cm³/mol. The van der Waals surface area contributed by atoms with E-state index in [0.717, 1.165) is 6.54 Å². The standard InChI is InChI=1S/C14H24N4O2/c1-14(2,3)18-6-5-16-12(13(18)19)17-7-8-20-10-11(17)9-15-4/h5-6,11,15H,7-10H2,1-4H3. The zero-order valence-electron chi connectivity index (χ0n) is 12.7. The van der Waals surface area contributed by atoms with Crippen LogP contribution < -0.4 is 15.8 Å². The first-order valence-electron chi connectivity index (χ1n) is 7.02. The van der Waals surface area contributed by atoms with Crippen LogP contribution in [0, 0.1) is 0 Å². The van der Waals surface area contributed by atoms with Gasteiger partial charge in [0, 0.05) is 31.0 Å². The van der Waals surface area contributed by atoms with Crippen molar-refractivity contribution in [3.05, 3.63) is 22.7 Å². The van der Waals surface area contributed by atoms with Crippen LogP contribution in [0.4, 0.5) is 5.82 Å². The van der Waals surface area contributed by atoms with E-state index in [0.29, 0.717) is 25.6 Å². The van der Waals surface area contributed by atoms with Crippen LogP contribution >= 0.6 is 0 Å². The average Bonchev–Trinajstić information content (AvgIpc) is 2.39. The first-order chi connectivity index (χ1) is 9.45. The van der Waals surface area contributed by atoms with Gasteiger partial charge in [-0.15, -0.1) is 0 Å². The molecule has 20 heavy (non-hydrogen) atoms. The fourth-order valence-electron chi connectivity index (χ4n) is 2.46. The Morgan fingerprint density at radius 2 is 2.25 bits per heavy atom. The van der Waals surface area contributed by atoms with Crippen LogP contribution in [-0.2, 0) is 10.3 Å². The highest BCUT2D eigenvalue weighted by Gasteiger charge is 2.27. The first kappa shape index (κ1) is 15.0. The molecule has 0 aromatic carbocycles. The summed E-state index contributed by atoms with van der Waals surface area (Å²) in [6.07, 6.45) is 3.45. The molecular formula is C14H24N4O2. The highest BCUT2D eigenvalue weighted by molar-refractivity contribution is 5.38. The van der Waals surface area contributed by atoms with Crippen molar-refractivity contribution >= 4 is 5.82 Å². The molecule has 112 valence electrons. The molecule has 0 radical (unpaired) electrons. The number of rotatable bonds is 3. The quantitative estimate of drug-likeness (QED) is 0.870. The van der Waals surface area contributed by atoms with Crippen LogP contribution in [0.5, 0.6) is 0 Å². The summed E-state index contributed by atoms with van der Waals surface area (Å²) in [5, 5.41) is 3.14. The van der Waals surface area contributed by atoms with Crippen molar-refractivity contribution in [2.75, 3.05) is 38.3 Å². The van der Waals surface area contributed by atoms with Gasteiger partial charge in [-0.05, 0) is 27.8 Å². The molecule has 1 aromatic rings. The van der Waals surface area contributed by atoms with E-state index in [-0.39, 0.29) is 17.1 Å². The van der Waals surface area contributed by atoms with Crippen molar-refractivity contribution in [1.29, 1.82) is 0 Å². The molecule has 0 saturated carbocycles. The Labute approximate surface area is 119 Å². The van der Waals surface area contributed by atoms with Gasteiger partial charge in [-0.1, -0.05) is 0 Å². The van der Waals surface area contributed by atoms with Gasteiger partial charge in [-0.3, -0.25) is 4.79 Å². The minimum absolute atomic E-state index is 0.0389. The Kier molecular flexibility index (Phi) is 4.45. The molecule has 1 saturated heterocycles. The Morgan fingerprint density at radius 1 is 1.50 bits per heavy atom. The minimum atomic E-state index is -0.250. The number of likely N-dealkylation sites (N-methyl/N-ethyl adjacent to an activating group) is 1. The third-order valence-corrected chi connectivity index (χ3v) is 3.48. The third kappa shape index (κ3) is 3.02. The molecule has 1 N–H and O–H groups in total. The molecule has 1 aromatic heterocycles. The molecule has 1 aliphatic heterocycles. The van der Waals surface area contributed by atoms with E-state index in [1.54, 1.807) is 17.0 Å². The summed E-state index contributed by atoms with van der Waals surface area (Å²) in [5.74, 6) is 0.519. The lowest BCUT2D eigenvalue weighted by Gasteiger charge is -2.36. The molecule has 6 nitrogen and oxygen atoms in total. The second-order valence-corrected chi connectivity index (χ2v) is 6.08.